The van der Waals surface area contributed by atoms with Crippen LogP contribution < -0.4 is 5.32 Å². The third-order valence-electron chi connectivity index (χ3n) is 3.46. The standard InChI is InChI=1S/C11H18N2O4/c14-10-7-17-6-5-13(10)9-4-2-1-3-8(9)12-11(15)16/h8-9,12H,1-7H2,(H,15,16)/t8-,9-/m1/s1. The van der Waals surface area contributed by atoms with E-state index in [2.05, 4.69) is 5.32 Å². The highest BCUT2D eigenvalue weighted by atomic mass is 16.5. The van der Waals surface area contributed by atoms with Crippen molar-refractivity contribution in [3.63, 3.8) is 0 Å². The second kappa shape index (κ2) is 5.35. The fourth-order valence-corrected chi connectivity index (χ4v) is 2.69. The number of carboxylic acid groups (broad SMARTS) is 1. The molecule has 96 valence electrons. The Bertz CT molecular complexity index is 308. The summed E-state index contributed by atoms with van der Waals surface area (Å²) in [7, 11) is 0. The summed E-state index contributed by atoms with van der Waals surface area (Å²) in [5.41, 5.74) is 0. The molecule has 6 nitrogen and oxygen atoms in total. The molecule has 2 N–H and O–H groups in total. The number of morpholine rings is 1. The van der Waals surface area contributed by atoms with Crippen molar-refractivity contribution in [2.75, 3.05) is 19.8 Å². The SMILES string of the molecule is O=C(O)N[C@@H]1CCCC[C@H]1N1CCOCC1=O. The second-order valence-electron chi connectivity index (χ2n) is 4.55. The maximum Gasteiger partial charge on any atom is 0.404 e. The molecular weight excluding hydrogens is 224 g/mol. The Morgan fingerprint density at radius 3 is 2.88 bits per heavy atom. The first-order valence-corrected chi connectivity index (χ1v) is 6.05. The van der Waals surface area contributed by atoms with Crippen LogP contribution in [-0.2, 0) is 9.53 Å². The monoisotopic (exact) mass is 242 g/mol. The van der Waals surface area contributed by atoms with Crippen LogP contribution in [-0.4, -0.2) is 53.8 Å². The van der Waals surface area contributed by atoms with E-state index in [9.17, 15) is 9.59 Å². The van der Waals surface area contributed by atoms with Crippen LogP contribution in [0.2, 0.25) is 0 Å². The number of carbonyl (C=O) groups is 2. The van der Waals surface area contributed by atoms with Crippen LogP contribution in [0.1, 0.15) is 25.7 Å². The van der Waals surface area contributed by atoms with Gasteiger partial charge in [-0.2, -0.15) is 0 Å². The Hall–Kier alpha value is -1.30. The number of hydrogen-bond donors (Lipinski definition) is 2. The molecule has 2 amide bonds. The molecule has 0 aromatic heterocycles. The van der Waals surface area contributed by atoms with Crippen molar-refractivity contribution in [3.8, 4) is 0 Å². The van der Waals surface area contributed by atoms with Crippen LogP contribution in [0.4, 0.5) is 4.79 Å². The van der Waals surface area contributed by atoms with E-state index in [0.29, 0.717) is 13.2 Å². The third kappa shape index (κ3) is 2.88. The fourth-order valence-electron chi connectivity index (χ4n) is 2.69. The first kappa shape index (κ1) is 12.2. The molecule has 0 unspecified atom stereocenters. The van der Waals surface area contributed by atoms with Gasteiger partial charge in [-0.25, -0.2) is 4.79 Å². The predicted molar refractivity (Wildman–Crippen MR) is 59.7 cm³/mol. The van der Waals surface area contributed by atoms with Crippen LogP contribution in [0.15, 0.2) is 0 Å². The van der Waals surface area contributed by atoms with Gasteiger partial charge in [-0.15, -0.1) is 0 Å². The molecule has 2 rings (SSSR count). The molecule has 1 aliphatic heterocycles. The number of nitrogens with one attached hydrogen (secondary N) is 1. The Morgan fingerprint density at radius 2 is 2.18 bits per heavy atom. The zero-order chi connectivity index (χ0) is 12.3. The van der Waals surface area contributed by atoms with Crippen molar-refractivity contribution in [1.82, 2.24) is 10.2 Å². The first-order chi connectivity index (χ1) is 8.18. The van der Waals surface area contributed by atoms with E-state index in [1.165, 1.54) is 0 Å². The van der Waals surface area contributed by atoms with Crippen LogP contribution in [0.5, 0.6) is 0 Å². The highest BCUT2D eigenvalue weighted by Gasteiger charge is 2.34. The van der Waals surface area contributed by atoms with E-state index in [1.54, 1.807) is 4.90 Å². The Labute approximate surface area is 99.9 Å². The summed E-state index contributed by atoms with van der Waals surface area (Å²) in [6, 6.07) is -0.139. The van der Waals surface area contributed by atoms with E-state index in [-0.39, 0.29) is 24.6 Å². The third-order valence-corrected chi connectivity index (χ3v) is 3.46. The molecule has 0 radical (unpaired) electrons. The van der Waals surface area contributed by atoms with Gasteiger partial charge in [-0.3, -0.25) is 4.79 Å². The number of rotatable bonds is 2. The topological polar surface area (TPSA) is 78.9 Å². The van der Waals surface area contributed by atoms with Crippen LogP contribution in [0.25, 0.3) is 0 Å². The smallest absolute Gasteiger partial charge is 0.404 e. The highest BCUT2D eigenvalue weighted by Crippen LogP contribution is 2.24. The van der Waals surface area contributed by atoms with Crippen molar-refractivity contribution >= 4 is 12.0 Å². The average Bonchev–Trinajstić information content (AvgIpc) is 2.30. The van der Waals surface area contributed by atoms with E-state index in [4.69, 9.17) is 9.84 Å². The summed E-state index contributed by atoms with van der Waals surface area (Å²) < 4.78 is 5.09. The molecule has 1 heterocycles. The maximum absolute atomic E-state index is 11.8. The predicted octanol–water partition coefficient (Wildman–Crippen LogP) is 0.424. The summed E-state index contributed by atoms with van der Waals surface area (Å²) >= 11 is 0. The average molecular weight is 242 g/mol. The number of nitrogens with zero attached hydrogens (tertiary/aromatic N) is 1. The quantitative estimate of drug-likeness (QED) is 0.735. The van der Waals surface area contributed by atoms with Crippen molar-refractivity contribution in [2.24, 2.45) is 0 Å². The molecule has 1 saturated heterocycles. The molecule has 1 aliphatic carbocycles. The molecule has 1 saturated carbocycles. The van der Waals surface area contributed by atoms with Gasteiger partial charge in [0.2, 0.25) is 5.91 Å². The fraction of sp³-hybridized carbons (Fsp3) is 0.818. The Balaban J connectivity index is 2.04. The number of carbonyl (C=O) groups excluding carboxylic acids is 1. The summed E-state index contributed by atoms with van der Waals surface area (Å²) in [5, 5.41) is 11.3. The first-order valence-electron chi connectivity index (χ1n) is 6.05. The van der Waals surface area contributed by atoms with Crippen molar-refractivity contribution in [2.45, 2.75) is 37.8 Å². The van der Waals surface area contributed by atoms with Crippen molar-refractivity contribution in [3.05, 3.63) is 0 Å². The van der Waals surface area contributed by atoms with Crippen LogP contribution >= 0.6 is 0 Å². The van der Waals surface area contributed by atoms with Crippen LogP contribution in [0, 0.1) is 0 Å². The van der Waals surface area contributed by atoms with Crippen molar-refractivity contribution < 1.29 is 19.4 Å². The molecule has 0 spiro atoms. The van der Waals surface area contributed by atoms with Gasteiger partial charge in [-0.1, -0.05) is 12.8 Å². The van der Waals surface area contributed by atoms with E-state index >= 15 is 0 Å². The van der Waals surface area contributed by atoms with Crippen LogP contribution in [0.3, 0.4) is 0 Å². The number of ether oxygens (including phenoxy) is 1. The van der Waals surface area contributed by atoms with Gasteiger partial charge >= 0.3 is 6.09 Å². The molecule has 17 heavy (non-hydrogen) atoms. The van der Waals surface area contributed by atoms with E-state index in [1.807, 2.05) is 0 Å². The lowest BCUT2D eigenvalue weighted by molar-refractivity contribution is -0.147. The Kier molecular flexibility index (Phi) is 3.83. The summed E-state index contributed by atoms with van der Waals surface area (Å²) in [6.07, 6.45) is 2.73. The molecule has 0 bridgehead atoms. The normalized spacial score (nSPS) is 30.1. The van der Waals surface area contributed by atoms with Gasteiger partial charge in [0, 0.05) is 6.54 Å². The van der Waals surface area contributed by atoms with Gasteiger partial charge in [0.15, 0.2) is 0 Å². The molecule has 2 fully saturated rings. The summed E-state index contributed by atoms with van der Waals surface area (Å²) in [5.74, 6) is -0.0275. The van der Waals surface area contributed by atoms with E-state index in [0.717, 1.165) is 25.7 Å². The second-order valence-corrected chi connectivity index (χ2v) is 4.55. The minimum atomic E-state index is -1.01. The summed E-state index contributed by atoms with van der Waals surface area (Å²) in [6.45, 7) is 1.24. The lowest BCUT2D eigenvalue weighted by atomic mass is 9.89. The van der Waals surface area contributed by atoms with Gasteiger partial charge in [0.25, 0.3) is 0 Å². The highest BCUT2D eigenvalue weighted by molar-refractivity contribution is 5.78. The van der Waals surface area contributed by atoms with Crippen molar-refractivity contribution in [1.29, 1.82) is 0 Å². The summed E-state index contributed by atoms with van der Waals surface area (Å²) in [4.78, 5) is 24.3. The van der Waals surface area contributed by atoms with Gasteiger partial charge < -0.3 is 20.1 Å². The zero-order valence-electron chi connectivity index (χ0n) is 9.72. The molecule has 0 aromatic carbocycles. The number of hydrogen-bond acceptors (Lipinski definition) is 3. The molecule has 2 aliphatic rings. The lowest BCUT2D eigenvalue weighted by Gasteiger charge is -2.41. The van der Waals surface area contributed by atoms with Gasteiger partial charge in [0.1, 0.15) is 6.61 Å². The molecule has 0 aromatic rings. The zero-order valence-corrected chi connectivity index (χ0v) is 9.72. The molecule has 2 atom stereocenters. The van der Waals surface area contributed by atoms with E-state index < -0.39 is 6.09 Å². The molecule has 6 heteroatoms. The number of amides is 2. The Morgan fingerprint density at radius 1 is 1.41 bits per heavy atom. The minimum absolute atomic E-state index is 0.00347. The largest absolute Gasteiger partial charge is 0.465 e. The van der Waals surface area contributed by atoms with Gasteiger partial charge in [0.05, 0.1) is 18.7 Å². The minimum Gasteiger partial charge on any atom is -0.465 e. The maximum atomic E-state index is 11.8. The molecular formula is C11H18N2O4. The van der Waals surface area contributed by atoms with Gasteiger partial charge in [-0.05, 0) is 12.8 Å². The lowest BCUT2D eigenvalue weighted by Crippen LogP contribution is -2.57.